The van der Waals surface area contributed by atoms with Crippen LogP contribution in [0.3, 0.4) is 0 Å². The molecule has 0 aliphatic carbocycles. The van der Waals surface area contributed by atoms with Crippen molar-refractivity contribution < 1.29 is 13.3 Å². The molecule has 7 heteroatoms. The molecule has 0 bridgehead atoms. The van der Waals surface area contributed by atoms with E-state index in [1.165, 1.54) is 22.5 Å². The maximum absolute atomic E-state index is 13.6. The Labute approximate surface area is 176 Å². The molecule has 2 unspecified atom stereocenters. The summed E-state index contributed by atoms with van der Waals surface area (Å²) in [5.74, 6) is 0.0765. The Balaban J connectivity index is 1.86. The number of anilines is 1. The van der Waals surface area contributed by atoms with Crippen molar-refractivity contribution in [2.24, 2.45) is 0 Å². The first-order valence-corrected chi connectivity index (χ1v) is 11.2. The molecule has 0 amide bonds. The van der Waals surface area contributed by atoms with E-state index < -0.39 is 14.9 Å². The van der Waals surface area contributed by atoms with Gasteiger partial charge in [-0.15, -0.1) is 0 Å². The van der Waals surface area contributed by atoms with Crippen LogP contribution in [0.5, 0.6) is 0 Å². The molecule has 0 saturated heterocycles. The lowest BCUT2D eigenvalue weighted by molar-refractivity contribution is -0.385. The van der Waals surface area contributed by atoms with Crippen molar-refractivity contribution in [2.45, 2.75) is 37.1 Å². The van der Waals surface area contributed by atoms with Crippen LogP contribution in [-0.2, 0) is 10.0 Å². The second kappa shape index (κ2) is 7.57. The third-order valence-electron chi connectivity index (χ3n) is 5.56. The minimum absolute atomic E-state index is 0.0757. The molecule has 2 atom stereocenters. The molecule has 0 fully saturated rings. The highest BCUT2D eigenvalue weighted by molar-refractivity contribution is 7.92. The number of nitro benzene ring substituents is 1. The van der Waals surface area contributed by atoms with E-state index >= 15 is 0 Å². The minimum Gasteiger partial charge on any atom is -0.263 e. The van der Waals surface area contributed by atoms with Gasteiger partial charge in [0.25, 0.3) is 15.7 Å². The van der Waals surface area contributed by atoms with Crippen LogP contribution < -0.4 is 4.31 Å². The number of nitrogens with zero attached hydrogens (tertiary/aromatic N) is 2. The number of rotatable bonds is 4. The standard InChI is InChI=1S/C23H22N2O4S/c1-16-11-12-23-22(13-16)21(18-7-4-3-5-8-18)14-17(2)24(23)30(28,29)20-10-6-9-19(15-20)25(26)27/h3-13,15,17,21H,14H2,1-2H3. The van der Waals surface area contributed by atoms with Crippen LogP contribution in [0.2, 0.25) is 0 Å². The quantitative estimate of drug-likeness (QED) is 0.437. The predicted molar refractivity (Wildman–Crippen MR) is 116 cm³/mol. The Kier molecular flexibility index (Phi) is 5.07. The first kappa shape index (κ1) is 20.1. The number of aryl methyl sites for hydroxylation is 1. The molecule has 0 saturated carbocycles. The fourth-order valence-electron chi connectivity index (χ4n) is 4.19. The van der Waals surface area contributed by atoms with E-state index in [2.05, 4.69) is 12.1 Å². The summed E-state index contributed by atoms with van der Waals surface area (Å²) in [4.78, 5) is 10.5. The van der Waals surface area contributed by atoms with E-state index in [4.69, 9.17) is 0 Å². The summed E-state index contributed by atoms with van der Waals surface area (Å²) in [5.41, 5.74) is 3.53. The number of fused-ring (bicyclic) bond motifs is 1. The summed E-state index contributed by atoms with van der Waals surface area (Å²) in [6.07, 6.45) is 0.620. The normalized spacial score (nSPS) is 18.7. The molecule has 3 aromatic rings. The first-order chi connectivity index (χ1) is 14.3. The molecule has 1 heterocycles. The maximum Gasteiger partial charge on any atom is 0.270 e. The second-order valence-electron chi connectivity index (χ2n) is 7.67. The van der Waals surface area contributed by atoms with Crippen LogP contribution in [0.25, 0.3) is 0 Å². The SMILES string of the molecule is Cc1ccc2c(c1)C(c1ccccc1)CC(C)N2S(=O)(=O)c1cccc([N+](=O)[O-])c1. The number of hydrogen-bond donors (Lipinski definition) is 0. The van der Waals surface area contributed by atoms with E-state index in [0.29, 0.717) is 12.1 Å². The summed E-state index contributed by atoms with van der Waals surface area (Å²) >= 11 is 0. The third kappa shape index (κ3) is 3.45. The molecule has 154 valence electrons. The number of benzene rings is 3. The number of sulfonamides is 1. The fourth-order valence-corrected chi connectivity index (χ4v) is 5.93. The Morgan fingerprint density at radius 2 is 1.73 bits per heavy atom. The zero-order chi connectivity index (χ0) is 21.5. The van der Waals surface area contributed by atoms with Crippen LogP contribution in [-0.4, -0.2) is 19.4 Å². The van der Waals surface area contributed by atoms with Gasteiger partial charge >= 0.3 is 0 Å². The van der Waals surface area contributed by atoms with Crippen molar-refractivity contribution >= 4 is 21.4 Å². The maximum atomic E-state index is 13.6. The highest BCUT2D eigenvalue weighted by Gasteiger charge is 2.38. The van der Waals surface area contributed by atoms with Gasteiger partial charge in [0.2, 0.25) is 0 Å². The van der Waals surface area contributed by atoms with Gasteiger partial charge in [-0.2, -0.15) is 0 Å². The van der Waals surface area contributed by atoms with Gasteiger partial charge in [-0.1, -0.05) is 54.1 Å². The summed E-state index contributed by atoms with van der Waals surface area (Å²) < 4.78 is 28.6. The lowest BCUT2D eigenvalue weighted by Gasteiger charge is -2.40. The van der Waals surface area contributed by atoms with E-state index in [1.807, 2.05) is 50.2 Å². The molecular weight excluding hydrogens is 400 g/mol. The summed E-state index contributed by atoms with van der Waals surface area (Å²) in [5, 5.41) is 11.2. The van der Waals surface area contributed by atoms with Gasteiger partial charge < -0.3 is 0 Å². The first-order valence-electron chi connectivity index (χ1n) is 9.73. The van der Waals surface area contributed by atoms with Gasteiger partial charge in [0.15, 0.2) is 0 Å². The molecule has 3 aromatic carbocycles. The van der Waals surface area contributed by atoms with Crippen LogP contribution in [0, 0.1) is 17.0 Å². The van der Waals surface area contributed by atoms with Gasteiger partial charge in [-0.05, 0) is 43.5 Å². The Morgan fingerprint density at radius 3 is 2.43 bits per heavy atom. The molecule has 1 aliphatic rings. The number of hydrogen-bond acceptors (Lipinski definition) is 4. The summed E-state index contributed by atoms with van der Waals surface area (Å²) in [7, 11) is -3.97. The highest BCUT2D eigenvalue weighted by Crippen LogP contribution is 2.44. The largest absolute Gasteiger partial charge is 0.270 e. The monoisotopic (exact) mass is 422 g/mol. The van der Waals surface area contributed by atoms with Crippen LogP contribution >= 0.6 is 0 Å². The molecule has 0 spiro atoms. The molecule has 0 aromatic heterocycles. The smallest absolute Gasteiger partial charge is 0.263 e. The van der Waals surface area contributed by atoms with Crippen LogP contribution in [0.15, 0.2) is 77.7 Å². The van der Waals surface area contributed by atoms with Crippen molar-refractivity contribution in [2.75, 3.05) is 4.31 Å². The third-order valence-corrected chi connectivity index (χ3v) is 7.48. The number of non-ortho nitro benzene ring substituents is 1. The molecule has 30 heavy (non-hydrogen) atoms. The molecule has 4 rings (SSSR count). The van der Waals surface area contributed by atoms with Crippen molar-refractivity contribution in [3.05, 3.63) is 99.6 Å². The number of nitro groups is 1. The van der Waals surface area contributed by atoms with Gasteiger partial charge in [-0.3, -0.25) is 14.4 Å². The van der Waals surface area contributed by atoms with Crippen LogP contribution in [0.4, 0.5) is 11.4 Å². The Hall–Kier alpha value is -3.19. The zero-order valence-corrected chi connectivity index (χ0v) is 17.5. The lowest BCUT2D eigenvalue weighted by Crippen LogP contribution is -2.43. The molecular formula is C23H22N2O4S. The van der Waals surface area contributed by atoms with Gasteiger partial charge in [0.05, 0.1) is 15.5 Å². The lowest BCUT2D eigenvalue weighted by atomic mass is 9.82. The fraction of sp³-hybridized carbons (Fsp3) is 0.217. The topological polar surface area (TPSA) is 80.5 Å². The van der Waals surface area contributed by atoms with E-state index in [0.717, 1.165) is 22.8 Å². The Morgan fingerprint density at radius 1 is 1.00 bits per heavy atom. The van der Waals surface area contributed by atoms with Crippen molar-refractivity contribution in [3.8, 4) is 0 Å². The molecule has 0 N–H and O–H groups in total. The predicted octanol–water partition coefficient (Wildman–Crippen LogP) is 5.02. The van der Waals surface area contributed by atoms with E-state index in [1.54, 1.807) is 0 Å². The van der Waals surface area contributed by atoms with Crippen molar-refractivity contribution in [1.29, 1.82) is 0 Å². The molecule has 6 nitrogen and oxygen atoms in total. The van der Waals surface area contributed by atoms with Crippen LogP contribution in [0.1, 0.15) is 36.0 Å². The second-order valence-corrected chi connectivity index (χ2v) is 9.48. The zero-order valence-electron chi connectivity index (χ0n) is 16.7. The minimum atomic E-state index is -3.97. The summed E-state index contributed by atoms with van der Waals surface area (Å²) in [6, 6.07) is 20.8. The van der Waals surface area contributed by atoms with Gasteiger partial charge in [0, 0.05) is 24.1 Å². The summed E-state index contributed by atoms with van der Waals surface area (Å²) in [6.45, 7) is 3.87. The van der Waals surface area contributed by atoms with Crippen molar-refractivity contribution in [1.82, 2.24) is 0 Å². The average molecular weight is 423 g/mol. The average Bonchev–Trinajstić information content (AvgIpc) is 2.74. The van der Waals surface area contributed by atoms with E-state index in [9.17, 15) is 18.5 Å². The Bertz CT molecular complexity index is 1210. The highest BCUT2D eigenvalue weighted by atomic mass is 32.2. The molecule has 0 radical (unpaired) electrons. The van der Waals surface area contributed by atoms with E-state index in [-0.39, 0.29) is 22.5 Å². The van der Waals surface area contributed by atoms with Gasteiger partial charge in [-0.25, -0.2) is 8.42 Å². The van der Waals surface area contributed by atoms with Crippen molar-refractivity contribution in [3.63, 3.8) is 0 Å². The molecule has 1 aliphatic heterocycles. The van der Waals surface area contributed by atoms with Gasteiger partial charge in [0.1, 0.15) is 0 Å².